The van der Waals surface area contributed by atoms with Crippen molar-refractivity contribution < 1.29 is 9.53 Å². The van der Waals surface area contributed by atoms with Crippen molar-refractivity contribution in [1.82, 2.24) is 9.97 Å². The number of rotatable bonds is 5. The van der Waals surface area contributed by atoms with E-state index >= 15 is 0 Å². The Kier molecular flexibility index (Phi) is 4.30. The first-order chi connectivity index (χ1) is 8.44. The zero-order chi connectivity index (χ0) is 13.8. The molecule has 0 amide bonds. The number of esters is 1. The first-order valence-corrected chi connectivity index (χ1v) is 5.64. The van der Waals surface area contributed by atoms with Crippen molar-refractivity contribution in [3.63, 3.8) is 0 Å². The van der Waals surface area contributed by atoms with E-state index in [2.05, 4.69) is 15.3 Å². The number of hydrogen-bond donors (Lipinski definition) is 3. The van der Waals surface area contributed by atoms with E-state index in [-0.39, 0.29) is 11.5 Å². The first-order valence-electron chi connectivity index (χ1n) is 5.64. The first kappa shape index (κ1) is 14.0. The maximum absolute atomic E-state index is 11.8. The van der Waals surface area contributed by atoms with Gasteiger partial charge < -0.3 is 20.8 Å². The fraction of sp³-hybridized carbons (Fsp3) is 0.545. The Morgan fingerprint density at radius 1 is 1.67 bits per heavy atom. The van der Waals surface area contributed by atoms with Crippen LogP contribution in [0.2, 0.25) is 0 Å². The van der Waals surface area contributed by atoms with E-state index in [0.717, 1.165) is 6.42 Å². The van der Waals surface area contributed by atoms with E-state index in [1.165, 1.54) is 13.4 Å². The minimum absolute atomic E-state index is 0.0521. The highest BCUT2D eigenvalue weighted by Crippen LogP contribution is 2.22. The summed E-state index contributed by atoms with van der Waals surface area (Å²) in [6.45, 7) is 3.63. The van der Waals surface area contributed by atoms with Gasteiger partial charge in [0.25, 0.3) is 5.56 Å². The van der Waals surface area contributed by atoms with Gasteiger partial charge in [-0.05, 0) is 13.3 Å². The van der Waals surface area contributed by atoms with Gasteiger partial charge in [-0.25, -0.2) is 9.78 Å². The molecule has 1 aromatic rings. The number of H-pyrrole nitrogens is 1. The van der Waals surface area contributed by atoms with Crippen LogP contribution in [0.1, 0.15) is 26.7 Å². The molecule has 1 rings (SSSR count). The molecule has 1 aromatic heterocycles. The maximum Gasteiger partial charge on any atom is 0.331 e. The molecule has 0 bridgehead atoms. The summed E-state index contributed by atoms with van der Waals surface area (Å²) in [6.07, 6.45) is 2.53. The second-order valence-electron chi connectivity index (χ2n) is 4.19. The van der Waals surface area contributed by atoms with Crippen molar-refractivity contribution >= 4 is 17.5 Å². The van der Waals surface area contributed by atoms with E-state index in [9.17, 15) is 9.59 Å². The summed E-state index contributed by atoms with van der Waals surface area (Å²) in [5.74, 6) is -0.245. The van der Waals surface area contributed by atoms with Crippen LogP contribution < -0.4 is 16.6 Å². The van der Waals surface area contributed by atoms with Crippen molar-refractivity contribution in [3.8, 4) is 0 Å². The van der Waals surface area contributed by atoms with E-state index in [1.54, 1.807) is 6.92 Å². The number of aromatic amines is 1. The molecule has 100 valence electrons. The summed E-state index contributed by atoms with van der Waals surface area (Å²) in [6, 6.07) is 0. The lowest BCUT2D eigenvalue weighted by atomic mass is 9.96. The Morgan fingerprint density at radius 2 is 2.33 bits per heavy atom. The third kappa shape index (κ3) is 2.79. The molecule has 7 nitrogen and oxygen atoms in total. The fourth-order valence-corrected chi connectivity index (χ4v) is 1.71. The Morgan fingerprint density at radius 3 is 2.89 bits per heavy atom. The molecule has 1 atom stereocenters. The van der Waals surface area contributed by atoms with Crippen LogP contribution in [0.25, 0.3) is 0 Å². The van der Waals surface area contributed by atoms with Crippen molar-refractivity contribution in [2.75, 3.05) is 18.2 Å². The standard InChI is InChI=1S/C11H18N4O3/c1-4-5-11(2,10(17)18-3)15-8-7(12)9(16)14-6-13-8/h6H,4-5,12H2,1-3H3,(H2,13,14,15,16). The van der Waals surface area contributed by atoms with E-state index < -0.39 is 17.1 Å². The van der Waals surface area contributed by atoms with Crippen LogP contribution in [0.3, 0.4) is 0 Å². The molecule has 0 radical (unpaired) electrons. The van der Waals surface area contributed by atoms with Crippen LogP contribution in [-0.2, 0) is 9.53 Å². The van der Waals surface area contributed by atoms with Crippen LogP contribution >= 0.6 is 0 Å². The molecular formula is C11H18N4O3. The molecule has 0 aliphatic heterocycles. The molecule has 0 aromatic carbocycles. The number of methoxy groups -OCH3 is 1. The molecule has 18 heavy (non-hydrogen) atoms. The summed E-state index contributed by atoms with van der Waals surface area (Å²) < 4.78 is 4.75. The summed E-state index contributed by atoms with van der Waals surface area (Å²) in [7, 11) is 1.31. The van der Waals surface area contributed by atoms with Crippen LogP contribution in [0, 0.1) is 0 Å². The minimum Gasteiger partial charge on any atom is -0.467 e. The molecule has 0 spiro atoms. The largest absolute Gasteiger partial charge is 0.467 e. The molecule has 4 N–H and O–H groups in total. The van der Waals surface area contributed by atoms with Crippen molar-refractivity contribution in [2.24, 2.45) is 0 Å². The lowest BCUT2D eigenvalue weighted by Crippen LogP contribution is -2.45. The second kappa shape index (κ2) is 5.52. The predicted molar refractivity (Wildman–Crippen MR) is 68.2 cm³/mol. The summed E-state index contributed by atoms with van der Waals surface area (Å²) in [5, 5.41) is 2.89. The van der Waals surface area contributed by atoms with Gasteiger partial charge in [0.05, 0.1) is 13.4 Å². The van der Waals surface area contributed by atoms with Gasteiger partial charge >= 0.3 is 5.97 Å². The highest BCUT2D eigenvalue weighted by atomic mass is 16.5. The average molecular weight is 254 g/mol. The fourth-order valence-electron chi connectivity index (χ4n) is 1.71. The van der Waals surface area contributed by atoms with Crippen LogP contribution in [-0.4, -0.2) is 28.6 Å². The second-order valence-corrected chi connectivity index (χ2v) is 4.19. The lowest BCUT2D eigenvalue weighted by molar-refractivity contribution is -0.145. The van der Waals surface area contributed by atoms with Gasteiger partial charge in [-0.3, -0.25) is 4.79 Å². The molecule has 0 fully saturated rings. The van der Waals surface area contributed by atoms with Crippen molar-refractivity contribution in [1.29, 1.82) is 0 Å². The topological polar surface area (TPSA) is 110 Å². The number of ether oxygens (including phenoxy) is 1. The van der Waals surface area contributed by atoms with Gasteiger partial charge in [-0.2, -0.15) is 0 Å². The zero-order valence-electron chi connectivity index (χ0n) is 10.7. The van der Waals surface area contributed by atoms with E-state index in [4.69, 9.17) is 10.5 Å². The summed E-state index contributed by atoms with van der Waals surface area (Å²) in [5.41, 5.74) is 4.15. The number of anilines is 2. The number of nitrogens with one attached hydrogen (secondary N) is 2. The number of nitrogens with zero attached hydrogens (tertiary/aromatic N) is 1. The normalized spacial score (nSPS) is 13.7. The molecular weight excluding hydrogens is 236 g/mol. The Labute approximate surface area is 105 Å². The third-order valence-corrected chi connectivity index (χ3v) is 2.67. The highest BCUT2D eigenvalue weighted by Gasteiger charge is 2.34. The van der Waals surface area contributed by atoms with Gasteiger partial charge in [0, 0.05) is 0 Å². The molecule has 0 saturated carbocycles. The molecule has 1 unspecified atom stereocenters. The Hall–Kier alpha value is -2.05. The molecule has 0 saturated heterocycles. The predicted octanol–water partition coefficient (Wildman–Crippen LogP) is 0.496. The van der Waals surface area contributed by atoms with E-state index in [1.807, 2.05) is 6.92 Å². The lowest BCUT2D eigenvalue weighted by Gasteiger charge is -2.28. The number of hydrogen-bond acceptors (Lipinski definition) is 6. The number of aromatic nitrogens is 2. The van der Waals surface area contributed by atoms with Gasteiger partial charge in [0.15, 0.2) is 5.82 Å². The van der Waals surface area contributed by atoms with Gasteiger partial charge in [0.1, 0.15) is 11.2 Å². The number of nitrogen functional groups attached to an aromatic ring is 1. The third-order valence-electron chi connectivity index (χ3n) is 2.67. The van der Waals surface area contributed by atoms with Crippen molar-refractivity contribution in [3.05, 3.63) is 16.7 Å². The SMILES string of the molecule is CCCC(C)(Nc1nc[nH]c(=O)c1N)C(=O)OC. The number of carbonyl (C=O) groups excluding carboxylic acids is 1. The van der Waals surface area contributed by atoms with Crippen LogP contribution in [0.15, 0.2) is 11.1 Å². The molecule has 7 heteroatoms. The summed E-state index contributed by atoms with van der Waals surface area (Å²) in [4.78, 5) is 29.4. The Balaban J connectivity index is 3.07. The molecule has 1 heterocycles. The Bertz CT molecular complexity index is 485. The van der Waals surface area contributed by atoms with Crippen molar-refractivity contribution in [2.45, 2.75) is 32.2 Å². The smallest absolute Gasteiger partial charge is 0.331 e. The minimum atomic E-state index is -0.960. The highest BCUT2D eigenvalue weighted by molar-refractivity contribution is 5.84. The van der Waals surface area contributed by atoms with Gasteiger partial charge in [-0.15, -0.1) is 0 Å². The van der Waals surface area contributed by atoms with Gasteiger partial charge in [-0.1, -0.05) is 13.3 Å². The average Bonchev–Trinajstić information content (AvgIpc) is 2.34. The van der Waals surface area contributed by atoms with Gasteiger partial charge in [0.2, 0.25) is 0 Å². The molecule has 0 aliphatic rings. The van der Waals surface area contributed by atoms with Crippen LogP contribution in [0.4, 0.5) is 11.5 Å². The van der Waals surface area contributed by atoms with Crippen LogP contribution in [0.5, 0.6) is 0 Å². The number of carbonyl (C=O) groups is 1. The maximum atomic E-state index is 11.8. The quantitative estimate of drug-likeness (QED) is 0.660. The zero-order valence-corrected chi connectivity index (χ0v) is 10.7. The summed E-state index contributed by atoms with van der Waals surface area (Å²) >= 11 is 0. The molecule has 0 aliphatic carbocycles. The van der Waals surface area contributed by atoms with E-state index in [0.29, 0.717) is 6.42 Å². The number of nitrogens with two attached hydrogens (primary N) is 1. The monoisotopic (exact) mass is 254 g/mol.